The third kappa shape index (κ3) is 3.77. The van der Waals surface area contributed by atoms with Crippen molar-refractivity contribution in [3.05, 3.63) is 35.2 Å². The van der Waals surface area contributed by atoms with Gasteiger partial charge in [0.15, 0.2) is 6.10 Å². The van der Waals surface area contributed by atoms with Gasteiger partial charge in [-0.2, -0.15) is 5.48 Å². The second-order valence-corrected chi connectivity index (χ2v) is 6.71. The van der Waals surface area contributed by atoms with Crippen LogP contribution in [0.1, 0.15) is 36.5 Å². The van der Waals surface area contributed by atoms with Crippen LogP contribution >= 0.6 is 23.4 Å². The quantitative estimate of drug-likeness (QED) is 0.281. The van der Waals surface area contributed by atoms with E-state index in [1.165, 1.54) is 17.3 Å². The lowest BCUT2D eigenvalue weighted by atomic mass is 10.00. The van der Waals surface area contributed by atoms with Gasteiger partial charge in [0, 0.05) is 23.4 Å². The standard InChI is InChI=1S/C15H19N3O3S2/c1-4-16-21-23-13-8-12(14-17-18-15(20-14)22-3)19-11-6-5-9(2)7-10(11)13/h5-7,12,16,23H,4,8H2,1-3H3. The Balaban J connectivity index is 1.92. The highest BCUT2D eigenvalue weighted by Crippen LogP contribution is 2.36. The summed E-state index contributed by atoms with van der Waals surface area (Å²) in [4.78, 5) is 1.13. The number of nitrogens with one attached hydrogen (secondary N) is 1. The van der Waals surface area contributed by atoms with E-state index in [-0.39, 0.29) is 6.10 Å². The van der Waals surface area contributed by atoms with E-state index in [2.05, 4.69) is 28.7 Å². The first-order valence-electron chi connectivity index (χ1n) is 7.32. The van der Waals surface area contributed by atoms with Gasteiger partial charge in [-0.1, -0.05) is 30.3 Å². The number of thioether (sulfide) groups is 1. The molecule has 0 aliphatic carbocycles. The van der Waals surface area contributed by atoms with Crippen LogP contribution in [0, 0.1) is 6.92 Å². The van der Waals surface area contributed by atoms with E-state index in [1.807, 2.05) is 25.3 Å². The number of hydrogen-bond acceptors (Lipinski definition) is 7. The van der Waals surface area contributed by atoms with Crippen molar-refractivity contribution >= 4 is 28.3 Å². The number of thiol groups is 1. The van der Waals surface area contributed by atoms with Crippen molar-refractivity contribution in [1.82, 2.24) is 15.7 Å². The van der Waals surface area contributed by atoms with Gasteiger partial charge in [0.2, 0.25) is 0 Å². The van der Waals surface area contributed by atoms with Gasteiger partial charge in [0.25, 0.3) is 11.1 Å². The number of ether oxygens (including phenoxy) is 1. The summed E-state index contributed by atoms with van der Waals surface area (Å²) < 4.78 is 17.2. The summed E-state index contributed by atoms with van der Waals surface area (Å²) in [6.45, 7) is 4.81. The molecule has 2 heterocycles. The minimum atomic E-state index is -0.286. The van der Waals surface area contributed by atoms with Crippen molar-refractivity contribution in [2.75, 3.05) is 12.8 Å². The molecule has 1 atom stereocenters. The van der Waals surface area contributed by atoms with Crippen LogP contribution in [-0.2, 0) is 4.28 Å². The third-order valence-electron chi connectivity index (χ3n) is 3.33. The van der Waals surface area contributed by atoms with Gasteiger partial charge in [-0.25, -0.2) is 4.28 Å². The molecule has 124 valence electrons. The molecule has 23 heavy (non-hydrogen) atoms. The van der Waals surface area contributed by atoms with Crippen LogP contribution in [0.5, 0.6) is 5.75 Å². The van der Waals surface area contributed by atoms with Crippen molar-refractivity contribution in [3.8, 4) is 5.75 Å². The summed E-state index contributed by atoms with van der Waals surface area (Å²) in [5.41, 5.74) is 5.14. The number of hydrogen-bond donors (Lipinski definition) is 2. The van der Waals surface area contributed by atoms with Crippen LogP contribution in [-0.4, -0.2) is 27.9 Å². The Morgan fingerprint density at radius 2 is 2.30 bits per heavy atom. The molecule has 1 aliphatic heterocycles. The molecule has 0 saturated heterocycles. The Kier molecular flexibility index (Phi) is 5.37. The zero-order valence-electron chi connectivity index (χ0n) is 13.2. The molecule has 3 rings (SSSR count). The summed E-state index contributed by atoms with van der Waals surface area (Å²) in [5.74, 6) is 1.31. The SMILES string of the molecule is CCNO[SH]=C1CC(c2nnc(SC)o2)Oc2ccc(C)cc21. The molecule has 1 unspecified atom stereocenters. The molecule has 0 radical (unpaired) electrons. The van der Waals surface area contributed by atoms with E-state index in [9.17, 15) is 0 Å². The highest BCUT2D eigenvalue weighted by Gasteiger charge is 2.29. The molecule has 8 heteroatoms. The zero-order chi connectivity index (χ0) is 16.2. The van der Waals surface area contributed by atoms with Crippen LogP contribution in [0.2, 0.25) is 0 Å². The average molecular weight is 353 g/mol. The van der Waals surface area contributed by atoms with E-state index in [0.717, 1.165) is 34.4 Å². The fourth-order valence-corrected chi connectivity index (χ4v) is 3.37. The van der Waals surface area contributed by atoms with Crippen LogP contribution < -0.4 is 10.2 Å². The largest absolute Gasteiger partial charge is 0.480 e. The van der Waals surface area contributed by atoms with Crippen molar-refractivity contribution in [2.45, 2.75) is 31.6 Å². The summed E-state index contributed by atoms with van der Waals surface area (Å²) in [6.07, 6.45) is 2.27. The molecule has 0 fully saturated rings. The van der Waals surface area contributed by atoms with Gasteiger partial charge in [-0.15, -0.1) is 10.2 Å². The summed E-state index contributed by atoms with van der Waals surface area (Å²) in [7, 11) is 0. The van der Waals surface area contributed by atoms with E-state index < -0.39 is 0 Å². The van der Waals surface area contributed by atoms with E-state index in [4.69, 9.17) is 13.4 Å². The van der Waals surface area contributed by atoms with E-state index in [0.29, 0.717) is 17.5 Å². The van der Waals surface area contributed by atoms with Crippen molar-refractivity contribution in [3.63, 3.8) is 0 Å². The summed E-state index contributed by atoms with van der Waals surface area (Å²) in [5, 5.41) is 8.63. The normalized spacial score (nSPS) is 19.1. The maximum absolute atomic E-state index is 6.06. The molecule has 0 saturated carbocycles. The molecular formula is C15H19N3O3S2. The summed E-state index contributed by atoms with van der Waals surface area (Å²) >= 11 is 2.19. The number of nitrogens with zero attached hydrogens (tertiary/aromatic N) is 2. The first-order valence-corrected chi connectivity index (χ1v) is 9.35. The second-order valence-electron chi connectivity index (χ2n) is 5.05. The molecule has 0 amide bonds. The summed E-state index contributed by atoms with van der Waals surface area (Å²) in [6, 6.07) is 6.12. The topological polar surface area (TPSA) is 69.4 Å². The van der Waals surface area contributed by atoms with Crippen molar-refractivity contribution in [1.29, 1.82) is 0 Å². The van der Waals surface area contributed by atoms with Crippen molar-refractivity contribution < 1.29 is 13.4 Å². The number of aryl methyl sites for hydroxylation is 1. The van der Waals surface area contributed by atoms with E-state index in [1.54, 1.807) is 0 Å². The molecule has 0 spiro atoms. The molecule has 6 nitrogen and oxygen atoms in total. The molecule has 1 aromatic heterocycles. The molecule has 1 N–H and O–H groups in total. The molecule has 2 aromatic rings. The second kappa shape index (κ2) is 7.48. The maximum atomic E-state index is 6.06. The lowest BCUT2D eigenvalue weighted by molar-refractivity contribution is 0.165. The number of aromatic nitrogens is 2. The zero-order valence-corrected chi connectivity index (χ0v) is 14.9. The van der Waals surface area contributed by atoms with Crippen LogP contribution in [0.3, 0.4) is 0 Å². The fraction of sp³-hybridized carbons (Fsp3) is 0.400. The first-order chi connectivity index (χ1) is 11.2. The highest BCUT2D eigenvalue weighted by atomic mass is 32.2. The van der Waals surface area contributed by atoms with Gasteiger partial charge in [0.1, 0.15) is 5.75 Å². The van der Waals surface area contributed by atoms with E-state index >= 15 is 0 Å². The number of benzene rings is 1. The monoisotopic (exact) mass is 353 g/mol. The number of rotatable bonds is 5. The van der Waals surface area contributed by atoms with Crippen LogP contribution in [0.4, 0.5) is 0 Å². The fourth-order valence-electron chi connectivity index (χ4n) is 2.26. The Morgan fingerprint density at radius 3 is 3.04 bits per heavy atom. The van der Waals surface area contributed by atoms with Crippen LogP contribution in [0.25, 0.3) is 0 Å². The third-order valence-corrected chi connectivity index (χ3v) is 4.71. The molecule has 1 aromatic carbocycles. The molecule has 0 bridgehead atoms. The van der Waals surface area contributed by atoms with Crippen LogP contribution in [0.15, 0.2) is 27.8 Å². The Hall–Kier alpha value is -1.35. The number of hydroxylamine groups is 1. The Labute approximate surface area is 143 Å². The predicted octanol–water partition coefficient (Wildman–Crippen LogP) is 3.07. The van der Waals surface area contributed by atoms with Crippen molar-refractivity contribution in [2.24, 2.45) is 0 Å². The lowest BCUT2D eigenvalue weighted by Crippen LogP contribution is -2.21. The molecule has 1 aliphatic rings. The first kappa shape index (κ1) is 16.5. The minimum Gasteiger partial charge on any atom is -0.480 e. The molecular weight excluding hydrogens is 334 g/mol. The average Bonchev–Trinajstić information content (AvgIpc) is 3.04. The smallest absolute Gasteiger partial charge is 0.276 e. The van der Waals surface area contributed by atoms with Gasteiger partial charge >= 0.3 is 0 Å². The Morgan fingerprint density at radius 1 is 1.43 bits per heavy atom. The van der Waals surface area contributed by atoms with Gasteiger partial charge in [-0.3, -0.25) is 0 Å². The predicted molar refractivity (Wildman–Crippen MR) is 93.1 cm³/mol. The maximum Gasteiger partial charge on any atom is 0.276 e. The van der Waals surface area contributed by atoms with Gasteiger partial charge in [0.05, 0.1) is 0 Å². The van der Waals surface area contributed by atoms with Gasteiger partial charge < -0.3 is 9.15 Å². The number of fused-ring (bicyclic) bond motifs is 1. The Bertz CT molecular complexity index is 718. The minimum absolute atomic E-state index is 0.286. The highest BCUT2D eigenvalue weighted by molar-refractivity contribution is 7.98. The van der Waals surface area contributed by atoms with Gasteiger partial charge in [-0.05, 0) is 36.9 Å². The lowest BCUT2D eigenvalue weighted by Gasteiger charge is -2.26.